The van der Waals surface area contributed by atoms with Crippen LogP contribution < -0.4 is 5.73 Å². The molecule has 2 N–H and O–H groups in total. The fourth-order valence-corrected chi connectivity index (χ4v) is 2.40. The van der Waals surface area contributed by atoms with Gasteiger partial charge in [-0.05, 0) is 20.8 Å². The summed E-state index contributed by atoms with van der Waals surface area (Å²) in [6, 6.07) is 0. The summed E-state index contributed by atoms with van der Waals surface area (Å²) in [6.07, 6.45) is 0. The summed E-state index contributed by atoms with van der Waals surface area (Å²) < 4.78 is 31.5. The number of nitrogens with zero attached hydrogens (tertiary/aromatic N) is 1. The van der Waals surface area contributed by atoms with E-state index in [-0.39, 0.29) is 5.57 Å². The van der Waals surface area contributed by atoms with Crippen LogP contribution in [-0.4, -0.2) is 32.2 Å². The normalized spacial score (nSPS) is 30.2. The predicted octanol–water partition coefficient (Wildman–Crippen LogP) is -0.337. The Morgan fingerprint density at radius 2 is 1.94 bits per heavy atom. The minimum atomic E-state index is -4.33. The van der Waals surface area contributed by atoms with Gasteiger partial charge >= 0.3 is 10.4 Å². The molecule has 1 aliphatic heterocycles. The molecule has 8 heteroatoms. The molecular weight excluding hydrogens is 236 g/mol. The van der Waals surface area contributed by atoms with Crippen LogP contribution in [0, 0.1) is 0 Å². The molecule has 1 unspecified atom stereocenters. The Balaban J connectivity index is 3.41. The maximum Gasteiger partial charge on any atom is 0.423 e. The monoisotopic (exact) mass is 250 g/mol. The molecule has 7 nitrogen and oxygen atoms in total. The highest BCUT2D eigenvalue weighted by molar-refractivity contribution is 7.81. The van der Waals surface area contributed by atoms with E-state index in [1.165, 1.54) is 14.0 Å². The van der Waals surface area contributed by atoms with E-state index < -0.39 is 22.0 Å². The predicted molar refractivity (Wildman–Crippen MR) is 54.8 cm³/mol. The van der Waals surface area contributed by atoms with Crippen LogP contribution in [0.4, 0.5) is 0 Å². The number of allylic oxidation sites excluding steroid dienone is 1. The van der Waals surface area contributed by atoms with E-state index in [1.54, 1.807) is 13.8 Å². The fourth-order valence-electron chi connectivity index (χ4n) is 1.52. The van der Waals surface area contributed by atoms with Gasteiger partial charge in [0.1, 0.15) is 0 Å². The number of amides is 1. The van der Waals surface area contributed by atoms with Gasteiger partial charge in [-0.25, -0.2) is 9.25 Å². The molecule has 0 aromatic carbocycles. The van der Waals surface area contributed by atoms with E-state index in [0.29, 0.717) is 10.6 Å². The maximum absolute atomic E-state index is 11.8. The molecule has 0 aromatic rings. The van der Waals surface area contributed by atoms with Gasteiger partial charge in [0.2, 0.25) is 0 Å². The molecule has 1 saturated heterocycles. The average molecular weight is 250 g/mol. The second-order valence-corrected chi connectivity index (χ2v) is 4.98. The minimum Gasteiger partial charge on any atom is -0.299 e. The van der Waals surface area contributed by atoms with Crippen molar-refractivity contribution in [3.05, 3.63) is 11.1 Å². The van der Waals surface area contributed by atoms with Gasteiger partial charge in [0.25, 0.3) is 5.91 Å². The Morgan fingerprint density at radius 1 is 1.44 bits per heavy atom. The Hall–Kier alpha value is -0.960. The van der Waals surface area contributed by atoms with E-state index >= 15 is 0 Å². The first-order valence-corrected chi connectivity index (χ1v) is 5.80. The second kappa shape index (κ2) is 3.81. The fraction of sp³-hybridized carbons (Fsp3) is 0.625. The summed E-state index contributed by atoms with van der Waals surface area (Å²) in [5, 5.41) is 0.579. The van der Waals surface area contributed by atoms with Crippen molar-refractivity contribution in [2.75, 3.05) is 7.05 Å². The SMILES string of the molecule is CC(C)=C1C(=O)N(C)OS(=O)(=O)OC1(C)N. The molecule has 1 rings (SSSR count). The highest BCUT2D eigenvalue weighted by atomic mass is 32.3. The van der Waals surface area contributed by atoms with Gasteiger partial charge in [0.15, 0.2) is 5.72 Å². The third-order valence-corrected chi connectivity index (χ3v) is 2.93. The van der Waals surface area contributed by atoms with Gasteiger partial charge in [-0.15, -0.1) is 4.28 Å². The molecule has 0 aliphatic carbocycles. The van der Waals surface area contributed by atoms with Crippen molar-refractivity contribution in [1.29, 1.82) is 0 Å². The summed E-state index contributed by atoms with van der Waals surface area (Å²) in [4.78, 5) is 11.8. The lowest BCUT2D eigenvalue weighted by molar-refractivity contribution is -0.146. The second-order valence-electron chi connectivity index (χ2n) is 3.85. The number of hydroxylamine groups is 2. The zero-order valence-corrected chi connectivity index (χ0v) is 10.3. The third-order valence-electron chi connectivity index (χ3n) is 1.97. The molecule has 92 valence electrons. The Labute approximate surface area is 94.1 Å². The van der Waals surface area contributed by atoms with Crippen molar-refractivity contribution in [3.63, 3.8) is 0 Å². The molecule has 0 spiro atoms. The van der Waals surface area contributed by atoms with Gasteiger partial charge in [-0.3, -0.25) is 10.5 Å². The van der Waals surface area contributed by atoms with E-state index in [9.17, 15) is 13.2 Å². The maximum atomic E-state index is 11.8. The summed E-state index contributed by atoms with van der Waals surface area (Å²) in [5.41, 5.74) is 4.54. The molecule has 1 aliphatic rings. The summed E-state index contributed by atoms with van der Waals surface area (Å²) in [7, 11) is -3.16. The van der Waals surface area contributed by atoms with E-state index in [1.807, 2.05) is 0 Å². The molecule has 0 aromatic heterocycles. The molecular formula is C8H14N2O5S. The number of nitrogens with two attached hydrogens (primary N) is 1. The highest BCUT2D eigenvalue weighted by Gasteiger charge is 2.43. The van der Waals surface area contributed by atoms with Crippen molar-refractivity contribution in [2.45, 2.75) is 26.5 Å². The number of carbonyl (C=O) groups excluding carboxylic acids is 1. The Bertz CT molecular complexity index is 447. The van der Waals surface area contributed by atoms with Gasteiger partial charge in [-0.2, -0.15) is 8.42 Å². The van der Waals surface area contributed by atoms with Crippen molar-refractivity contribution >= 4 is 16.3 Å². The number of hydrogen-bond donors (Lipinski definition) is 1. The molecule has 0 saturated carbocycles. The molecule has 0 bridgehead atoms. The number of likely N-dealkylation sites (N-methyl/N-ethyl adjacent to an activating group) is 1. The quantitative estimate of drug-likeness (QED) is 0.591. The van der Waals surface area contributed by atoms with Crippen LogP contribution >= 0.6 is 0 Å². The summed E-state index contributed by atoms with van der Waals surface area (Å²) >= 11 is 0. The van der Waals surface area contributed by atoms with Crippen molar-refractivity contribution in [1.82, 2.24) is 5.06 Å². The van der Waals surface area contributed by atoms with Crippen LogP contribution in [0.15, 0.2) is 11.1 Å². The number of hydrogen-bond acceptors (Lipinski definition) is 6. The lowest BCUT2D eigenvalue weighted by atomic mass is 10.00. The summed E-state index contributed by atoms with van der Waals surface area (Å²) in [5.74, 6) is -0.647. The van der Waals surface area contributed by atoms with Gasteiger partial charge in [0.05, 0.1) is 5.57 Å². The minimum absolute atomic E-state index is 0.0519. The molecule has 1 amide bonds. The van der Waals surface area contributed by atoms with Crippen LogP contribution in [0.1, 0.15) is 20.8 Å². The van der Waals surface area contributed by atoms with Gasteiger partial charge in [-0.1, -0.05) is 5.57 Å². The Kier molecular flexibility index (Phi) is 3.12. The van der Waals surface area contributed by atoms with Crippen LogP contribution in [0.3, 0.4) is 0 Å². The van der Waals surface area contributed by atoms with Gasteiger partial charge < -0.3 is 0 Å². The smallest absolute Gasteiger partial charge is 0.299 e. The van der Waals surface area contributed by atoms with Crippen LogP contribution in [0.5, 0.6) is 0 Å². The zero-order valence-electron chi connectivity index (χ0n) is 9.47. The first-order chi connectivity index (χ1) is 7.07. The van der Waals surface area contributed by atoms with Crippen LogP contribution in [0.2, 0.25) is 0 Å². The average Bonchev–Trinajstić information content (AvgIpc) is 2.02. The standard InChI is InChI=1S/C8H14N2O5S/c1-5(2)6-7(11)10(4)15-16(12,13)14-8(6,3)9/h9H2,1-4H3. The van der Waals surface area contributed by atoms with Crippen LogP contribution in [-0.2, 0) is 23.7 Å². The molecule has 1 fully saturated rings. The zero-order chi connectivity index (χ0) is 12.7. The molecule has 1 heterocycles. The number of carbonyl (C=O) groups is 1. The number of rotatable bonds is 0. The van der Waals surface area contributed by atoms with Crippen LogP contribution in [0.25, 0.3) is 0 Å². The molecule has 16 heavy (non-hydrogen) atoms. The van der Waals surface area contributed by atoms with E-state index in [2.05, 4.69) is 8.47 Å². The topological polar surface area (TPSA) is 98.9 Å². The summed E-state index contributed by atoms with van der Waals surface area (Å²) in [6.45, 7) is 4.55. The van der Waals surface area contributed by atoms with Crippen molar-refractivity contribution in [2.24, 2.45) is 5.73 Å². The lowest BCUT2D eigenvalue weighted by Gasteiger charge is -2.23. The Morgan fingerprint density at radius 3 is 2.38 bits per heavy atom. The van der Waals surface area contributed by atoms with Crippen molar-refractivity contribution in [3.8, 4) is 0 Å². The first kappa shape index (κ1) is 13.1. The molecule has 0 radical (unpaired) electrons. The van der Waals surface area contributed by atoms with Gasteiger partial charge in [0, 0.05) is 7.05 Å². The largest absolute Gasteiger partial charge is 0.423 e. The van der Waals surface area contributed by atoms with E-state index in [4.69, 9.17) is 5.73 Å². The lowest BCUT2D eigenvalue weighted by Crippen LogP contribution is -2.45. The first-order valence-electron chi connectivity index (χ1n) is 4.47. The van der Waals surface area contributed by atoms with Crippen molar-refractivity contribution < 1.29 is 21.7 Å². The highest BCUT2D eigenvalue weighted by Crippen LogP contribution is 2.27. The molecule has 1 atom stereocenters. The van der Waals surface area contributed by atoms with E-state index in [0.717, 1.165) is 0 Å². The third kappa shape index (κ3) is 2.40.